The molecule has 5 nitrogen and oxygen atoms in total. The first kappa shape index (κ1) is 13.1. The maximum atomic E-state index is 11.6. The van der Waals surface area contributed by atoms with E-state index in [2.05, 4.69) is 4.90 Å². The highest BCUT2D eigenvalue weighted by Gasteiger charge is 2.71. The Bertz CT molecular complexity index is 646. The molecule has 3 atom stereocenters. The number of nitrogens with one attached hydrogen (secondary N) is 1. The summed E-state index contributed by atoms with van der Waals surface area (Å²) >= 11 is 0. The van der Waals surface area contributed by atoms with E-state index < -0.39 is 11.0 Å². The summed E-state index contributed by atoms with van der Waals surface area (Å²) in [4.78, 5) is 4.02. The Morgan fingerprint density at radius 2 is 2.10 bits per heavy atom. The summed E-state index contributed by atoms with van der Waals surface area (Å²) in [6, 6.07) is 5.97. The van der Waals surface area contributed by atoms with Crippen LogP contribution < -0.4 is 4.74 Å². The van der Waals surface area contributed by atoms with Crippen molar-refractivity contribution in [2.45, 2.75) is 18.6 Å². The van der Waals surface area contributed by atoms with Gasteiger partial charge in [0, 0.05) is 25.7 Å². The Kier molecular flexibility index (Phi) is 2.36. The molecular weight excluding hydrogens is 266 g/mol. The van der Waals surface area contributed by atoms with E-state index in [-0.39, 0.29) is 6.10 Å². The zero-order chi connectivity index (χ0) is 15.0. The van der Waals surface area contributed by atoms with Gasteiger partial charge >= 0.3 is 0 Å². The standard InChI is InChI=1S/C16H21N3O2/c1-10-4-5-12-11(6-10)16(20)9-19(3)14(17)15(16)8-18(2)7-13(15)21-12/h4-6,13,17,20H,7-9H2,1-3H3/t13-,15+,16-/m1/s1. The largest absolute Gasteiger partial charge is 0.487 e. The fourth-order valence-corrected chi connectivity index (χ4v) is 4.44. The molecule has 0 saturated carbocycles. The van der Waals surface area contributed by atoms with Crippen LogP contribution in [0.2, 0.25) is 0 Å². The second-order valence-corrected chi connectivity index (χ2v) is 6.84. The van der Waals surface area contributed by atoms with Gasteiger partial charge in [-0.2, -0.15) is 0 Å². The summed E-state index contributed by atoms with van der Waals surface area (Å²) in [5, 5.41) is 20.2. The molecule has 1 aromatic rings. The molecule has 112 valence electrons. The highest BCUT2D eigenvalue weighted by atomic mass is 16.5. The molecule has 0 amide bonds. The summed E-state index contributed by atoms with van der Waals surface area (Å²) < 4.78 is 6.20. The van der Waals surface area contributed by atoms with Gasteiger partial charge < -0.3 is 19.6 Å². The van der Waals surface area contributed by atoms with Gasteiger partial charge in [0.2, 0.25) is 0 Å². The average Bonchev–Trinajstić information content (AvgIpc) is 2.85. The van der Waals surface area contributed by atoms with Gasteiger partial charge in [-0.15, -0.1) is 0 Å². The van der Waals surface area contributed by atoms with Crippen LogP contribution in [0.4, 0.5) is 0 Å². The van der Waals surface area contributed by atoms with Crippen molar-refractivity contribution in [1.29, 1.82) is 5.41 Å². The fourth-order valence-electron chi connectivity index (χ4n) is 4.44. The zero-order valence-electron chi connectivity index (χ0n) is 12.7. The van der Waals surface area contributed by atoms with Gasteiger partial charge in [0.15, 0.2) is 0 Å². The van der Waals surface area contributed by atoms with E-state index in [1.807, 2.05) is 44.1 Å². The van der Waals surface area contributed by atoms with Gasteiger partial charge in [0.25, 0.3) is 0 Å². The molecule has 21 heavy (non-hydrogen) atoms. The topological polar surface area (TPSA) is 59.8 Å². The molecule has 5 heteroatoms. The number of amidine groups is 1. The van der Waals surface area contributed by atoms with Crippen LogP contribution >= 0.6 is 0 Å². The Hall–Kier alpha value is -1.59. The SMILES string of the molecule is Cc1ccc2c(c1)[C@]1(O)CN(C)C(=N)[C@@]13CN(C)C[C@H]3O2. The molecule has 3 aliphatic heterocycles. The van der Waals surface area contributed by atoms with Crippen molar-refractivity contribution >= 4 is 5.84 Å². The zero-order valence-corrected chi connectivity index (χ0v) is 12.7. The molecule has 0 aromatic heterocycles. The lowest BCUT2D eigenvalue weighted by molar-refractivity contribution is -0.0880. The van der Waals surface area contributed by atoms with E-state index >= 15 is 0 Å². The molecule has 0 unspecified atom stereocenters. The predicted octanol–water partition coefficient (Wildman–Crippen LogP) is 0.798. The highest BCUT2D eigenvalue weighted by molar-refractivity contribution is 5.92. The number of fused-ring (bicyclic) bond motifs is 2. The van der Waals surface area contributed by atoms with Crippen molar-refractivity contribution in [1.82, 2.24) is 9.80 Å². The molecule has 1 aromatic carbocycles. The van der Waals surface area contributed by atoms with Crippen molar-refractivity contribution in [2.24, 2.45) is 5.41 Å². The molecular formula is C16H21N3O2. The Labute approximate surface area is 124 Å². The number of β-amino-alcohol motifs (C(OH)–C–C–N with tert-alkyl or cyclic N) is 1. The number of aliphatic hydroxyl groups is 1. The lowest BCUT2D eigenvalue weighted by atomic mass is 9.66. The van der Waals surface area contributed by atoms with Gasteiger partial charge in [-0.25, -0.2) is 0 Å². The Morgan fingerprint density at radius 1 is 1.33 bits per heavy atom. The third kappa shape index (κ3) is 1.36. The second-order valence-electron chi connectivity index (χ2n) is 6.84. The van der Waals surface area contributed by atoms with E-state index in [9.17, 15) is 5.11 Å². The van der Waals surface area contributed by atoms with Crippen LogP contribution in [0.5, 0.6) is 5.75 Å². The van der Waals surface area contributed by atoms with E-state index in [4.69, 9.17) is 10.1 Å². The summed E-state index contributed by atoms with van der Waals surface area (Å²) in [5.41, 5.74) is 0.237. The van der Waals surface area contributed by atoms with E-state index in [1.54, 1.807) is 0 Å². The number of likely N-dealkylation sites (tertiary alicyclic amines) is 2. The minimum absolute atomic E-state index is 0.167. The van der Waals surface area contributed by atoms with Crippen molar-refractivity contribution in [3.05, 3.63) is 29.3 Å². The van der Waals surface area contributed by atoms with Crippen LogP contribution in [-0.4, -0.2) is 60.6 Å². The maximum absolute atomic E-state index is 11.6. The number of nitrogens with zero attached hydrogens (tertiary/aromatic N) is 2. The maximum Gasteiger partial charge on any atom is 0.128 e. The lowest BCUT2D eigenvalue weighted by Crippen LogP contribution is -2.58. The van der Waals surface area contributed by atoms with Crippen molar-refractivity contribution in [2.75, 3.05) is 33.7 Å². The monoisotopic (exact) mass is 287 g/mol. The van der Waals surface area contributed by atoms with Gasteiger partial charge in [0.1, 0.15) is 28.7 Å². The Balaban J connectivity index is 1.99. The van der Waals surface area contributed by atoms with Crippen LogP contribution in [0, 0.1) is 17.7 Å². The molecule has 0 radical (unpaired) electrons. The quantitative estimate of drug-likeness (QED) is 0.741. The molecule has 2 saturated heterocycles. The normalized spacial score (nSPS) is 38.0. The predicted molar refractivity (Wildman–Crippen MR) is 79.8 cm³/mol. The molecule has 1 spiro atoms. The van der Waals surface area contributed by atoms with E-state index in [1.165, 1.54) is 0 Å². The number of aryl methyl sites for hydroxylation is 1. The van der Waals surface area contributed by atoms with Gasteiger partial charge in [-0.05, 0) is 26.1 Å². The van der Waals surface area contributed by atoms with Gasteiger partial charge in [-0.1, -0.05) is 11.6 Å². The van der Waals surface area contributed by atoms with Crippen LogP contribution in [0.15, 0.2) is 18.2 Å². The van der Waals surface area contributed by atoms with Crippen LogP contribution in [-0.2, 0) is 5.60 Å². The van der Waals surface area contributed by atoms with E-state index in [0.717, 1.165) is 23.4 Å². The summed E-state index contributed by atoms with van der Waals surface area (Å²) in [5.74, 6) is 1.26. The van der Waals surface area contributed by atoms with Crippen molar-refractivity contribution in [3.8, 4) is 5.75 Å². The molecule has 2 N–H and O–H groups in total. The number of hydrogen-bond donors (Lipinski definition) is 2. The number of ether oxygens (including phenoxy) is 1. The number of likely N-dealkylation sites (N-methyl/N-ethyl adjacent to an activating group) is 2. The number of benzene rings is 1. The number of hydrogen-bond acceptors (Lipinski definition) is 4. The summed E-state index contributed by atoms with van der Waals surface area (Å²) in [6.07, 6.45) is -0.167. The van der Waals surface area contributed by atoms with E-state index in [0.29, 0.717) is 18.9 Å². The first-order valence-electron chi connectivity index (χ1n) is 7.37. The van der Waals surface area contributed by atoms with Gasteiger partial charge in [0.05, 0.1) is 6.54 Å². The third-order valence-corrected chi connectivity index (χ3v) is 5.40. The first-order valence-corrected chi connectivity index (χ1v) is 7.37. The molecule has 4 rings (SSSR count). The third-order valence-electron chi connectivity index (χ3n) is 5.40. The van der Waals surface area contributed by atoms with Crippen molar-refractivity contribution in [3.63, 3.8) is 0 Å². The second kappa shape index (κ2) is 3.78. The average molecular weight is 287 g/mol. The van der Waals surface area contributed by atoms with Crippen LogP contribution in [0.1, 0.15) is 11.1 Å². The molecule has 3 heterocycles. The fraction of sp³-hybridized carbons (Fsp3) is 0.562. The smallest absolute Gasteiger partial charge is 0.128 e. The van der Waals surface area contributed by atoms with Crippen molar-refractivity contribution < 1.29 is 9.84 Å². The summed E-state index contributed by atoms with van der Waals surface area (Å²) in [7, 11) is 3.91. The highest BCUT2D eigenvalue weighted by Crippen LogP contribution is 2.58. The molecule has 0 aliphatic carbocycles. The number of rotatable bonds is 0. The first-order chi connectivity index (χ1) is 9.88. The molecule has 0 bridgehead atoms. The van der Waals surface area contributed by atoms with Crippen LogP contribution in [0.25, 0.3) is 0 Å². The van der Waals surface area contributed by atoms with Gasteiger partial charge in [-0.3, -0.25) is 5.41 Å². The lowest BCUT2D eigenvalue weighted by Gasteiger charge is -2.46. The van der Waals surface area contributed by atoms with Crippen LogP contribution in [0.3, 0.4) is 0 Å². The minimum Gasteiger partial charge on any atom is -0.487 e. The summed E-state index contributed by atoms with van der Waals surface area (Å²) in [6.45, 7) is 3.87. The minimum atomic E-state index is -1.05. The molecule has 3 aliphatic rings. The Morgan fingerprint density at radius 3 is 2.86 bits per heavy atom. The molecule has 2 fully saturated rings.